The molecule has 0 bridgehead atoms. The number of rotatable bonds is 15. The van der Waals surface area contributed by atoms with Crippen LogP contribution in [0.4, 0.5) is 13.2 Å². The number of ether oxygens (including phenoxy) is 2. The molecule has 0 aliphatic carbocycles. The third-order valence-electron chi connectivity index (χ3n) is 7.75. The van der Waals surface area contributed by atoms with Crippen LogP contribution >= 0.6 is 22.9 Å². The molecule has 0 amide bonds. The molecule has 0 saturated carbocycles. The van der Waals surface area contributed by atoms with Gasteiger partial charge in [-0.25, -0.2) is 30.9 Å². The lowest BCUT2D eigenvalue weighted by Crippen LogP contribution is -2.48. The van der Waals surface area contributed by atoms with Crippen LogP contribution in [0.5, 0.6) is 0 Å². The number of alkyl halides is 2. The molecule has 0 N–H and O–H groups in total. The van der Waals surface area contributed by atoms with Crippen LogP contribution in [0.15, 0.2) is 52.7 Å². The molecule has 0 radical (unpaired) electrons. The Morgan fingerprint density at radius 2 is 1.71 bits per heavy atom. The number of hydrogen-bond acceptors (Lipinski definition) is 13. The average molecular weight is 793 g/mol. The fourth-order valence-electron chi connectivity index (χ4n) is 5.80. The third-order valence-corrected chi connectivity index (χ3v) is 13.5. The van der Waals surface area contributed by atoms with Gasteiger partial charge < -0.3 is 14.4 Å². The molecule has 1 saturated heterocycles. The van der Waals surface area contributed by atoms with E-state index in [2.05, 4.69) is 10.1 Å². The molecule has 2 aliphatic rings. The van der Waals surface area contributed by atoms with Gasteiger partial charge in [-0.1, -0.05) is 21.4 Å². The number of sulfonamides is 2. The first-order valence-corrected chi connectivity index (χ1v) is 19.8. The van der Waals surface area contributed by atoms with Gasteiger partial charge >= 0.3 is 18.5 Å². The van der Waals surface area contributed by atoms with E-state index in [1.807, 2.05) is 0 Å². The number of hydrogen-bond donors (Lipinski definition) is 0. The second-order valence-electron chi connectivity index (χ2n) is 11.4. The number of fused-ring (bicyclic) bond motifs is 1. The number of esters is 2. The molecule has 21 heteroatoms. The molecule has 4 heterocycles. The Balaban J connectivity index is 1.65. The van der Waals surface area contributed by atoms with Crippen molar-refractivity contribution in [2.45, 2.75) is 51.7 Å². The summed E-state index contributed by atoms with van der Waals surface area (Å²) in [5, 5.41) is 6.05. The Kier molecular flexibility index (Phi) is 11.9. The van der Waals surface area contributed by atoms with E-state index in [1.54, 1.807) is 10.3 Å². The van der Waals surface area contributed by atoms with Crippen LogP contribution in [0.3, 0.4) is 0 Å². The normalized spacial score (nSPS) is 18.0. The molecule has 3 aromatic rings. The van der Waals surface area contributed by atoms with E-state index in [9.17, 15) is 39.6 Å². The summed E-state index contributed by atoms with van der Waals surface area (Å²) in [5.74, 6) is -3.12. The number of carbonyl (C=O) groups is 2. The van der Waals surface area contributed by atoms with Gasteiger partial charge in [0, 0.05) is 66.4 Å². The maximum absolute atomic E-state index is 14.2. The number of thiazole rings is 1. The number of amidine groups is 1. The molecule has 51 heavy (non-hydrogen) atoms. The van der Waals surface area contributed by atoms with Gasteiger partial charge in [0.2, 0.25) is 20.0 Å². The van der Waals surface area contributed by atoms with Crippen LogP contribution in [0.1, 0.15) is 62.0 Å². The number of halogens is 4. The predicted molar refractivity (Wildman–Crippen MR) is 180 cm³/mol. The van der Waals surface area contributed by atoms with Crippen LogP contribution in [0, 0.1) is 5.82 Å². The molecule has 2 aliphatic heterocycles. The molecule has 2 aromatic heterocycles. The van der Waals surface area contributed by atoms with Gasteiger partial charge in [0.25, 0.3) is 0 Å². The highest BCUT2D eigenvalue weighted by molar-refractivity contribution is 8.04. The smallest absolute Gasteiger partial charge is 0.333 e. The zero-order valence-electron chi connectivity index (χ0n) is 27.1. The summed E-state index contributed by atoms with van der Waals surface area (Å²) in [5.41, 5.74) is 0.811. The molecule has 1 fully saturated rings. The van der Waals surface area contributed by atoms with E-state index in [0.29, 0.717) is 19.1 Å². The lowest BCUT2D eigenvalue weighted by molar-refractivity contribution is -0.141. The Morgan fingerprint density at radius 1 is 1.06 bits per heavy atom. The zero-order valence-corrected chi connectivity index (χ0v) is 30.3. The summed E-state index contributed by atoms with van der Waals surface area (Å²) < 4.78 is 108. The van der Waals surface area contributed by atoms with Crippen molar-refractivity contribution in [2.24, 2.45) is 4.99 Å². The van der Waals surface area contributed by atoms with Gasteiger partial charge in [-0.05, 0) is 31.0 Å². The van der Waals surface area contributed by atoms with Crippen molar-refractivity contribution in [1.82, 2.24) is 23.4 Å². The fraction of sp³-hybridized carbons (Fsp3) is 0.433. The van der Waals surface area contributed by atoms with E-state index in [-0.39, 0.29) is 66.7 Å². The highest BCUT2D eigenvalue weighted by Gasteiger charge is 2.48. The Labute approximate surface area is 300 Å². The SMILES string of the molecule is CC(=O)OCCCS(=O)(=O)N([C@H]1CC2=C(c3ccn(C(F)F)n3)[C@H](c3ccc(F)cc3Cl)N=C(c3nccs3)N2C1)S(=O)(=O)CCCOC(C)=O. The van der Waals surface area contributed by atoms with E-state index in [1.165, 1.54) is 29.7 Å². The van der Waals surface area contributed by atoms with E-state index in [4.69, 9.17) is 26.1 Å². The molecular weight excluding hydrogens is 761 g/mol. The topological polar surface area (TPSA) is 170 Å². The number of aromatic nitrogens is 3. The Morgan fingerprint density at radius 3 is 2.24 bits per heavy atom. The highest BCUT2D eigenvalue weighted by atomic mass is 35.5. The van der Waals surface area contributed by atoms with Crippen LogP contribution < -0.4 is 0 Å². The summed E-state index contributed by atoms with van der Waals surface area (Å²) >= 11 is 7.70. The largest absolute Gasteiger partial charge is 0.466 e. The minimum atomic E-state index is -4.63. The van der Waals surface area contributed by atoms with Crippen molar-refractivity contribution in [2.75, 3.05) is 31.3 Å². The summed E-state index contributed by atoms with van der Waals surface area (Å²) in [4.78, 5) is 33.4. The lowest BCUT2D eigenvalue weighted by Gasteiger charge is -2.32. The number of carbonyl (C=O) groups excluding carboxylic acids is 2. The fourth-order valence-corrected chi connectivity index (χ4v) is 11.1. The number of benzene rings is 1. The third kappa shape index (κ3) is 8.79. The van der Waals surface area contributed by atoms with Crippen molar-refractivity contribution in [3.63, 3.8) is 0 Å². The number of nitrogens with zero attached hydrogens (tertiary/aromatic N) is 6. The summed E-state index contributed by atoms with van der Waals surface area (Å²) in [7, 11) is -9.27. The van der Waals surface area contributed by atoms with Crippen LogP contribution in [-0.4, -0.2) is 95.3 Å². The summed E-state index contributed by atoms with van der Waals surface area (Å²) in [6, 6.07) is 2.52. The molecule has 2 atom stereocenters. The minimum Gasteiger partial charge on any atom is -0.466 e. The molecular formula is C30H32ClF3N6O8S3. The van der Waals surface area contributed by atoms with Crippen molar-refractivity contribution in [3.05, 3.63) is 74.8 Å². The van der Waals surface area contributed by atoms with Crippen LogP contribution in [-0.2, 0) is 39.1 Å². The van der Waals surface area contributed by atoms with Crippen molar-refractivity contribution in [3.8, 4) is 0 Å². The quantitative estimate of drug-likeness (QED) is 0.158. The first-order chi connectivity index (χ1) is 24.1. The Hall–Kier alpha value is -3.85. The monoisotopic (exact) mass is 792 g/mol. The first-order valence-electron chi connectivity index (χ1n) is 15.4. The van der Waals surface area contributed by atoms with Gasteiger partial charge in [0.15, 0.2) is 10.8 Å². The minimum absolute atomic E-state index is 0.0170. The maximum Gasteiger partial charge on any atom is 0.333 e. The van der Waals surface area contributed by atoms with Gasteiger partial charge in [0.05, 0.1) is 36.5 Å². The molecule has 14 nitrogen and oxygen atoms in total. The van der Waals surface area contributed by atoms with Crippen molar-refractivity contribution >= 4 is 66.3 Å². The summed E-state index contributed by atoms with van der Waals surface area (Å²) in [6.45, 7) is -1.54. The predicted octanol–water partition coefficient (Wildman–Crippen LogP) is 4.38. The van der Waals surface area contributed by atoms with Crippen LogP contribution in [0.2, 0.25) is 5.02 Å². The standard InChI is InChI=1S/C30H32ClF3N6O8S3/c1-18(41)47-10-3-13-50(43,44)40(51(45,46)14-4-11-48-19(2)42)21-16-25-26(24-7-9-39(37-24)30(33)34)27(22-6-5-20(32)15-23(22)31)36-28(38(25)17-21)29-35-8-12-49-29/h5-9,12,15,21,27,30H,3-4,10-11,13-14,16-17H2,1-2H3/t21-,27-/m0/s1. The van der Waals surface area contributed by atoms with Gasteiger partial charge in [-0.15, -0.1) is 11.3 Å². The second-order valence-corrected chi connectivity index (χ2v) is 16.9. The van der Waals surface area contributed by atoms with E-state index >= 15 is 0 Å². The average Bonchev–Trinajstić information content (AvgIpc) is 3.82. The Bertz CT molecular complexity index is 2010. The molecule has 0 spiro atoms. The second kappa shape index (κ2) is 15.8. The summed E-state index contributed by atoms with van der Waals surface area (Å²) in [6.07, 6.45) is 1.86. The molecule has 1 aromatic carbocycles. The van der Waals surface area contributed by atoms with Gasteiger partial charge in [-0.3, -0.25) is 14.6 Å². The van der Waals surface area contributed by atoms with Crippen molar-refractivity contribution in [1.29, 1.82) is 0 Å². The number of aliphatic imine (C=N–C) groups is 1. The zero-order chi connectivity index (χ0) is 37.1. The lowest BCUT2D eigenvalue weighted by atomic mass is 9.92. The van der Waals surface area contributed by atoms with Crippen LogP contribution in [0.25, 0.3) is 5.57 Å². The van der Waals surface area contributed by atoms with Gasteiger partial charge in [0.1, 0.15) is 11.9 Å². The maximum atomic E-state index is 14.2. The van der Waals surface area contributed by atoms with Crippen molar-refractivity contribution < 1.29 is 49.1 Å². The molecule has 5 rings (SSSR count). The van der Waals surface area contributed by atoms with Gasteiger partial charge in [-0.2, -0.15) is 13.9 Å². The molecule has 276 valence electrons. The first kappa shape index (κ1) is 38.4. The molecule has 0 unspecified atom stereocenters. The van der Waals surface area contributed by atoms with E-state index in [0.717, 1.165) is 32.2 Å². The highest BCUT2D eigenvalue weighted by Crippen LogP contribution is 2.47. The van der Waals surface area contributed by atoms with E-state index < -0.39 is 67.9 Å².